The van der Waals surface area contributed by atoms with Crippen molar-refractivity contribution in [3.05, 3.63) is 96.1 Å². The lowest BCUT2D eigenvalue weighted by Gasteiger charge is -2.10. The molecule has 0 saturated carbocycles. The second-order valence-electron chi connectivity index (χ2n) is 5.59. The van der Waals surface area contributed by atoms with Gasteiger partial charge in [0.1, 0.15) is 0 Å². The average molecular weight is 299 g/mol. The number of hydrogen-bond donors (Lipinski definition) is 1. The molecule has 0 aliphatic heterocycles. The lowest BCUT2D eigenvalue weighted by atomic mass is 10.0. The minimum Gasteiger partial charge on any atom is -0.381 e. The van der Waals surface area contributed by atoms with Crippen molar-refractivity contribution in [1.82, 2.24) is 0 Å². The molecule has 0 aliphatic rings. The molecule has 1 nitrogen and oxygen atoms in total. The summed E-state index contributed by atoms with van der Waals surface area (Å²) >= 11 is 0. The van der Waals surface area contributed by atoms with Gasteiger partial charge >= 0.3 is 0 Å². The first-order chi connectivity index (χ1) is 11.3. The smallest absolute Gasteiger partial charge is 0.0378 e. The van der Waals surface area contributed by atoms with Gasteiger partial charge in [0, 0.05) is 12.2 Å². The molecule has 114 valence electrons. The van der Waals surface area contributed by atoms with Crippen molar-refractivity contribution in [2.45, 2.75) is 6.92 Å². The zero-order chi connectivity index (χ0) is 15.9. The first-order valence-corrected chi connectivity index (χ1v) is 7.94. The van der Waals surface area contributed by atoms with Crippen LogP contribution in [0.25, 0.3) is 17.2 Å². The van der Waals surface area contributed by atoms with Crippen molar-refractivity contribution in [1.29, 1.82) is 0 Å². The molecular weight excluding hydrogens is 278 g/mol. The van der Waals surface area contributed by atoms with Gasteiger partial charge in [0.05, 0.1) is 0 Å². The number of benzene rings is 3. The molecule has 3 rings (SSSR count). The highest BCUT2D eigenvalue weighted by Gasteiger charge is 2.01. The van der Waals surface area contributed by atoms with E-state index in [1.54, 1.807) is 0 Å². The summed E-state index contributed by atoms with van der Waals surface area (Å²) in [6.45, 7) is 2.95. The molecule has 0 bridgehead atoms. The summed E-state index contributed by atoms with van der Waals surface area (Å²) in [6, 6.07) is 27.4. The van der Waals surface area contributed by atoms with Gasteiger partial charge in [-0.05, 0) is 35.2 Å². The van der Waals surface area contributed by atoms with E-state index in [9.17, 15) is 0 Å². The van der Waals surface area contributed by atoms with Crippen LogP contribution in [0, 0.1) is 6.92 Å². The van der Waals surface area contributed by atoms with Gasteiger partial charge in [0.15, 0.2) is 0 Å². The lowest BCUT2D eigenvalue weighted by molar-refractivity contribution is 1.31. The van der Waals surface area contributed by atoms with Crippen molar-refractivity contribution in [3.8, 4) is 11.1 Å². The van der Waals surface area contributed by atoms with Gasteiger partial charge in [-0.15, -0.1) is 0 Å². The molecular formula is C22H21N. The van der Waals surface area contributed by atoms with Crippen LogP contribution in [0.3, 0.4) is 0 Å². The van der Waals surface area contributed by atoms with Crippen molar-refractivity contribution < 1.29 is 0 Å². The van der Waals surface area contributed by atoms with E-state index in [1.807, 2.05) is 12.1 Å². The molecule has 23 heavy (non-hydrogen) atoms. The van der Waals surface area contributed by atoms with Crippen LogP contribution in [-0.4, -0.2) is 6.54 Å². The number of hydrogen-bond acceptors (Lipinski definition) is 1. The molecule has 3 aromatic rings. The largest absolute Gasteiger partial charge is 0.381 e. The summed E-state index contributed by atoms with van der Waals surface area (Å²) in [6.07, 6.45) is 4.30. The van der Waals surface area contributed by atoms with Gasteiger partial charge in [-0.3, -0.25) is 0 Å². The van der Waals surface area contributed by atoms with Crippen LogP contribution in [0.1, 0.15) is 11.1 Å². The van der Waals surface area contributed by atoms with Gasteiger partial charge in [-0.1, -0.05) is 84.9 Å². The molecule has 0 atom stereocenters. The Kier molecular flexibility index (Phi) is 4.90. The monoisotopic (exact) mass is 299 g/mol. The molecule has 0 saturated heterocycles. The zero-order valence-corrected chi connectivity index (χ0v) is 13.4. The number of anilines is 1. The fourth-order valence-corrected chi connectivity index (χ4v) is 2.55. The van der Waals surface area contributed by atoms with Gasteiger partial charge in [0.25, 0.3) is 0 Å². The van der Waals surface area contributed by atoms with Crippen LogP contribution in [0.15, 0.2) is 84.9 Å². The Morgan fingerprint density at radius 1 is 0.783 bits per heavy atom. The van der Waals surface area contributed by atoms with E-state index in [0.717, 1.165) is 6.54 Å². The summed E-state index contributed by atoms with van der Waals surface area (Å²) in [7, 11) is 0. The Hall–Kier alpha value is -2.80. The van der Waals surface area contributed by atoms with E-state index >= 15 is 0 Å². The van der Waals surface area contributed by atoms with E-state index in [0.29, 0.717) is 0 Å². The molecule has 3 aromatic carbocycles. The summed E-state index contributed by atoms with van der Waals surface area (Å²) in [4.78, 5) is 0. The zero-order valence-electron chi connectivity index (χ0n) is 13.4. The molecule has 0 spiro atoms. The van der Waals surface area contributed by atoms with E-state index in [-0.39, 0.29) is 0 Å². The number of rotatable bonds is 5. The van der Waals surface area contributed by atoms with Crippen LogP contribution in [0.5, 0.6) is 0 Å². The Morgan fingerprint density at radius 3 is 2.22 bits per heavy atom. The maximum absolute atomic E-state index is 3.51. The van der Waals surface area contributed by atoms with Crippen molar-refractivity contribution in [2.75, 3.05) is 11.9 Å². The topological polar surface area (TPSA) is 12.0 Å². The highest BCUT2D eigenvalue weighted by atomic mass is 14.9. The average Bonchev–Trinajstić information content (AvgIpc) is 2.62. The quantitative estimate of drug-likeness (QED) is 0.629. The highest BCUT2D eigenvalue weighted by Crippen LogP contribution is 2.25. The van der Waals surface area contributed by atoms with E-state index in [1.165, 1.54) is 27.9 Å². The van der Waals surface area contributed by atoms with E-state index in [2.05, 4.69) is 91.1 Å². The van der Waals surface area contributed by atoms with Crippen LogP contribution in [0.2, 0.25) is 0 Å². The van der Waals surface area contributed by atoms with Crippen LogP contribution < -0.4 is 5.32 Å². The fourth-order valence-electron chi connectivity index (χ4n) is 2.55. The van der Waals surface area contributed by atoms with Crippen molar-refractivity contribution in [3.63, 3.8) is 0 Å². The molecule has 0 radical (unpaired) electrons. The lowest BCUT2D eigenvalue weighted by Crippen LogP contribution is -2.00. The fraction of sp³-hybridized carbons (Fsp3) is 0.0909. The second kappa shape index (κ2) is 7.46. The van der Waals surface area contributed by atoms with Crippen molar-refractivity contribution in [2.24, 2.45) is 0 Å². The van der Waals surface area contributed by atoms with Crippen LogP contribution in [-0.2, 0) is 0 Å². The Morgan fingerprint density at radius 2 is 1.48 bits per heavy atom. The van der Waals surface area contributed by atoms with Gasteiger partial charge < -0.3 is 5.32 Å². The molecule has 0 fully saturated rings. The Labute approximate surface area is 138 Å². The summed E-state index contributed by atoms with van der Waals surface area (Å²) < 4.78 is 0. The SMILES string of the molecule is Cc1ccc(-c2ccccc2)cc1NC/C=C/c1ccccc1. The number of nitrogens with one attached hydrogen (secondary N) is 1. The summed E-state index contributed by atoms with van der Waals surface area (Å²) in [5.74, 6) is 0. The second-order valence-corrected chi connectivity index (χ2v) is 5.59. The maximum Gasteiger partial charge on any atom is 0.0378 e. The molecule has 1 N–H and O–H groups in total. The molecule has 0 aliphatic carbocycles. The predicted octanol–water partition coefficient (Wildman–Crippen LogP) is 5.79. The molecule has 0 amide bonds. The molecule has 0 unspecified atom stereocenters. The standard InChI is InChI=1S/C22H21N/c1-18-14-15-21(20-12-6-3-7-13-20)17-22(18)23-16-8-11-19-9-4-2-5-10-19/h2-15,17,23H,16H2,1H3/b11-8+. The third-order valence-electron chi connectivity index (χ3n) is 3.86. The van der Waals surface area contributed by atoms with Gasteiger partial charge in [-0.25, -0.2) is 0 Å². The summed E-state index contributed by atoms with van der Waals surface area (Å²) in [5, 5.41) is 3.51. The Balaban J connectivity index is 1.69. The number of aryl methyl sites for hydroxylation is 1. The maximum atomic E-state index is 3.51. The summed E-state index contributed by atoms with van der Waals surface area (Å²) in [5.41, 5.74) is 6.16. The van der Waals surface area contributed by atoms with Crippen LogP contribution >= 0.6 is 0 Å². The third-order valence-corrected chi connectivity index (χ3v) is 3.86. The molecule has 0 heterocycles. The van der Waals surface area contributed by atoms with Gasteiger partial charge in [0.2, 0.25) is 0 Å². The Bertz CT molecular complexity index is 774. The minimum atomic E-state index is 0.813. The molecule has 1 heteroatoms. The highest BCUT2D eigenvalue weighted by molar-refractivity contribution is 5.70. The van der Waals surface area contributed by atoms with E-state index < -0.39 is 0 Å². The predicted molar refractivity (Wildman–Crippen MR) is 101 cm³/mol. The van der Waals surface area contributed by atoms with Gasteiger partial charge in [-0.2, -0.15) is 0 Å². The first-order valence-electron chi connectivity index (χ1n) is 7.94. The van der Waals surface area contributed by atoms with E-state index in [4.69, 9.17) is 0 Å². The first kappa shape index (κ1) is 15.1. The minimum absolute atomic E-state index is 0.813. The normalized spacial score (nSPS) is 10.8. The third kappa shape index (κ3) is 4.10. The van der Waals surface area contributed by atoms with Crippen LogP contribution in [0.4, 0.5) is 5.69 Å². The molecule has 0 aromatic heterocycles. The van der Waals surface area contributed by atoms with Crippen molar-refractivity contribution >= 4 is 11.8 Å².